The zero-order valence-electron chi connectivity index (χ0n) is 13.8. The average molecular weight is 314 g/mol. The lowest BCUT2D eigenvalue weighted by Gasteiger charge is -2.34. The minimum atomic E-state index is -0.218. The van der Waals surface area contributed by atoms with Crippen molar-refractivity contribution < 1.29 is 9.53 Å². The molecule has 0 aromatic heterocycles. The first kappa shape index (κ1) is 15.2. The van der Waals surface area contributed by atoms with Crippen LogP contribution >= 0.6 is 0 Å². The number of hydrogen-bond donors (Lipinski definition) is 1. The van der Waals surface area contributed by atoms with Crippen molar-refractivity contribution in [1.29, 1.82) is 0 Å². The van der Waals surface area contributed by atoms with Crippen LogP contribution in [0, 0.1) is 12.8 Å². The summed E-state index contributed by atoms with van der Waals surface area (Å²) >= 11 is 0. The van der Waals surface area contributed by atoms with Gasteiger partial charge in [-0.2, -0.15) is 0 Å². The number of nitrogens with zero attached hydrogens (tertiary/aromatic N) is 1. The van der Waals surface area contributed by atoms with Gasteiger partial charge in [-0.15, -0.1) is 0 Å². The fraction of sp³-hybridized carbons (Fsp3) is 0.632. The molecule has 0 spiro atoms. The zero-order chi connectivity index (χ0) is 15.8. The highest BCUT2D eigenvalue weighted by molar-refractivity contribution is 5.81. The van der Waals surface area contributed by atoms with Crippen LogP contribution in [0.5, 0.6) is 0 Å². The number of benzene rings is 1. The smallest absolute Gasteiger partial charge is 0.249 e. The van der Waals surface area contributed by atoms with Crippen LogP contribution in [0.15, 0.2) is 24.3 Å². The summed E-state index contributed by atoms with van der Waals surface area (Å²) in [5.74, 6) is 0.672. The molecule has 23 heavy (non-hydrogen) atoms. The van der Waals surface area contributed by atoms with Crippen molar-refractivity contribution in [2.75, 3.05) is 13.1 Å². The Hall–Kier alpha value is -1.39. The minimum Gasteiger partial charge on any atom is -0.364 e. The maximum Gasteiger partial charge on any atom is 0.249 e. The summed E-state index contributed by atoms with van der Waals surface area (Å²) in [5.41, 5.74) is 2.68. The Morgan fingerprint density at radius 3 is 3.00 bits per heavy atom. The Balaban J connectivity index is 1.33. The van der Waals surface area contributed by atoms with Gasteiger partial charge in [-0.05, 0) is 50.6 Å². The fourth-order valence-corrected chi connectivity index (χ4v) is 3.90. The molecule has 4 nitrogen and oxygen atoms in total. The monoisotopic (exact) mass is 314 g/mol. The maximum absolute atomic E-state index is 12.2. The predicted molar refractivity (Wildman–Crippen MR) is 89.0 cm³/mol. The van der Waals surface area contributed by atoms with Crippen LogP contribution in [0.25, 0.3) is 0 Å². The van der Waals surface area contributed by atoms with Crippen LogP contribution in [0.2, 0.25) is 0 Å². The maximum atomic E-state index is 12.2. The third kappa shape index (κ3) is 3.59. The lowest BCUT2D eigenvalue weighted by atomic mass is 9.91. The highest BCUT2D eigenvalue weighted by Gasteiger charge is 2.42. The molecule has 0 radical (unpaired) electrons. The number of ether oxygens (including phenoxy) is 1. The van der Waals surface area contributed by atoms with Gasteiger partial charge in [0, 0.05) is 19.1 Å². The number of piperidine rings is 1. The molecule has 4 heteroatoms. The van der Waals surface area contributed by atoms with Gasteiger partial charge in [0.25, 0.3) is 0 Å². The zero-order valence-corrected chi connectivity index (χ0v) is 13.8. The van der Waals surface area contributed by atoms with E-state index >= 15 is 0 Å². The molecule has 1 amide bonds. The van der Waals surface area contributed by atoms with Gasteiger partial charge in [0.2, 0.25) is 5.91 Å². The van der Waals surface area contributed by atoms with E-state index in [1.54, 1.807) is 0 Å². The molecule has 1 aliphatic carbocycles. The molecule has 0 bridgehead atoms. The fourth-order valence-electron chi connectivity index (χ4n) is 3.90. The van der Waals surface area contributed by atoms with Crippen LogP contribution in [0.4, 0.5) is 0 Å². The molecular formula is C19H26N2O2. The summed E-state index contributed by atoms with van der Waals surface area (Å²) in [5, 5.41) is 3.09. The number of amides is 1. The summed E-state index contributed by atoms with van der Waals surface area (Å²) in [7, 11) is 0. The Labute approximate surface area is 138 Å². The molecule has 2 saturated heterocycles. The lowest BCUT2D eigenvalue weighted by Crippen LogP contribution is -2.42. The number of nitrogens with one attached hydrogen (secondary N) is 1. The van der Waals surface area contributed by atoms with E-state index in [-0.39, 0.29) is 18.1 Å². The van der Waals surface area contributed by atoms with Crippen molar-refractivity contribution in [3.63, 3.8) is 0 Å². The van der Waals surface area contributed by atoms with Gasteiger partial charge in [-0.25, -0.2) is 0 Å². The SMILES string of the molecule is Cc1cccc(CN2CC[C@H]3C[C@@H](C(=O)NC4CC4)O[C@@H]3C2)c1. The second-order valence-electron chi connectivity index (χ2n) is 7.45. The molecule has 2 aliphatic heterocycles. The Kier molecular flexibility index (Phi) is 4.12. The van der Waals surface area contributed by atoms with Crippen molar-refractivity contribution in [1.82, 2.24) is 10.2 Å². The van der Waals surface area contributed by atoms with Gasteiger partial charge in [-0.3, -0.25) is 9.69 Å². The van der Waals surface area contributed by atoms with E-state index in [0.29, 0.717) is 12.0 Å². The van der Waals surface area contributed by atoms with Crippen LogP contribution in [-0.2, 0) is 16.1 Å². The average Bonchev–Trinajstić information content (AvgIpc) is 3.23. The van der Waals surface area contributed by atoms with E-state index in [1.165, 1.54) is 11.1 Å². The van der Waals surface area contributed by atoms with Crippen molar-refractivity contribution in [3.05, 3.63) is 35.4 Å². The van der Waals surface area contributed by atoms with E-state index in [9.17, 15) is 4.79 Å². The van der Waals surface area contributed by atoms with Crippen molar-refractivity contribution in [2.24, 2.45) is 5.92 Å². The minimum absolute atomic E-state index is 0.118. The summed E-state index contributed by atoms with van der Waals surface area (Å²) < 4.78 is 6.09. The topological polar surface area (TPSA) is 41.6 Å². The number of carbonyl (C=O) groups excluding carboxylic acids is 1. The van der Waals surface area contributed by atoms with Crippen LogP contribution in [0.1, 0.15) is 36.8 Å². The molecule has 124 valence electrons. The second kappa shape index (κ2) is 6.25. The van der Waals surface area contributed by atoms with Crippen molar-refractivity contribution in [3.8, 4) is 0 Å². The molecular weight excluding hydrogens is 288 g/mol. The van der Waals surface area contributed by atoms with E-state index in [1.807, 2.05) is 0 Å². The number of fused-ring (bicyclic) bond motifs is 1. The molecule has 3 aliphatic rings. The molecule has 4 rings (SSSR count). The number of likely N-dealkylation sites (tertiary alicyclic amines) is 1. The number of hydrogen-bond acceptors (Lipinski definition) is 3. The van der Waals surface area contributed by atoms with Crippen LogP contribution in [0.3, 0.4) is 0 Å². The van der Waals surface area contributed by atoms with E-state index in [2.05, 4.69) is 41.4 Å². The van der Waals surface area contributed by atoms with Crippen LogP contribution < -0.4 is 5.32 Å². The van der Waals surface area contributed by atoms with Gasteiger partial charge in [0.15, 0.2) is 0 Å². The summed E-state index contributed by atoms with van der Waals surface area (Å²) in [6, 6.07) is 9.14. The van der Waals surface area contributed by atoms with Gasteiger partial charge in [-0.1, -0.05) is 29.8 Å². The first-order valence-corrected chi connectivity index (χ1v) is 8.91. The quantitative estimate of drug-likeness (QED) is 0.927. The third-order valence-corrected chi connectivity index (χ3v) is 5.34. The second-order valence-corrected chi connectivity index (χ2v) is 7.45. The van der Waals surface area contributed by atoms with Gasteiger partial charge < -0.3 is 10.1 Å². The van der Waals surface area contributed by atoms with Crippen molar-refractivity contribution >= 4 is 5.91 Å². The molecule has 3 atom stereocenters. The number of rotatable bonds is 4. The van der Waals surface area contributed by atoms with E-state index < -0.39 is 0 Å². The summed E-state index contributed by atoms with van der Waals surface area (Å²) in [6.45, 7) is 5.17. The number of aryl methyl sites for hydroxylation is 1. The molecule has 0 unspecified atom stereocenters. The van der Waals surface area contributed by atoms with Gasteiger partial charge in [0.1, 0.15) is 6.10 Å². The standard InChI is InChI=1S/C19H26N2O2/c1-13-3-2-4-14(9-13)11-21-8-7-15-10-17(23-18(15)12-21)19(22)20-16-5-6-16/h2-4,9,15-18H,5-8,10-12H2,1H3,(H,20,22)/t15-,17-,18+/m0/s1. The molecule has 1 saturated carbocycles. The summed E-state index contributed by atoms with van der Waals surface area (Å²) in [6.07, 6.45) is 4.32. The van der Waals surface area contributed by atoms with Gasteiger partial charge >= 0.3 is 0 Å². The molecule has 1 aromatic rings. The predicted octanol–water partition coefficient (Wildman–Crippen LogP) is 2.25. The van der Waals surface area contributed by atoms with Crippen molar-refractivity contribution in [2.45, 2.75) is 57.4 Å². The van der Waals surface area contributed by atoms with Gasteiger partial charge in [0.05, 0.1) is 6.10 Å². The highest BCUT2D eigenvalue weighted by Crippen LogP contribution is 2.34. The summed E-state index contributed by atoms with van der Waals surface area (Å²) in [4.78, 5) is 14.7. The molecule has 3 fully saturated rings. The first-order valence-electron chi connectivity index (χ1n) is 8.91. The largest absolute Gasteiger partial charge is 0.364 e. The first-order chi connectivity index (χ1) is 11.2. The highest BCUT2D eigenvalue weighted by atomic mass is 16.5. The normalized spacial score (nSPS) is 30.9. The Bertz CT molecular complexity index is 584. The Morgan fingerprint density at radius 2 is 2.22 bits per heavy atom. The van der Waals surface area contributed by atoms with E-state index in [0.717, 1.165) is 45.3 Å². The Morgan fingerprint density at radius 1 is 1.35 bits per heavy atom. The van der Waals surface area contributed by atoms with Crippen LogP contribution in [-0.4, -0.2) is 42.1 Å². The third-order valence-electron chi connectivity index (χ3n) is 5.34. The van der Waals surface area contributed by atoms with E-state index in [4.69, 9.17) is 4.74 Å². The molecule has 1 aromatic carbocycles. The lowest BCUT2D eigenvalue weighted by molar-refractivity contribution is -0.133. The molecule has 2 heterocycles. The number of carbonyl (C=O) groups is 1. The molecule has 1 N–H and O–H groups in total.